The fraction of sp³-hybridized carbons (Fsp3) is 0.537. The minimum atomic E-state index is -0.592. The molecule has 3 aromatic rings. The van der Waals surface area contributed by atoms with Crippen molar-refractivity contribution in [3.05, 3.63) is 71.3 Å². The summed E-state index contributed by atoms with van der Waals surface area (Å²) in [6, 6.07) is 17.3. The zero-order valence-electron chi connectivity index (χ0n) is 29.7. The lowest BCUT2D eigenvalue weighted by molar-refractivity contribution is -0.159. The normalized spacial score (nSPS) is 28.0. The highest BCUT2D eigenvalue weighted by Crippen LogP contribution is 2.43. The third-order valence-corrected chi connectivity index (χ3v) is 11.9. The van der Waals surface area contributed by atoms with Gasteiger partial charge in [-0.05, 0) is 105 Å². The molecule has 4 atom stereocenters. The summed E-state index contributed by atoms with van der Waals surface area (Å²) in [6.45, 7) is 7.02. The van der Waals surface area contributed by atoms with E-state index in [1.165, 1.54) is 6.42 Å². The van der Waals surface area contributed by atoms with Gasteiger partial charge in [0, 0.05) is 6.54 Å². The van der Waals surface area contributed by atoms with Crippen molar-refractivity contribution in [3.63, 3.8) is 0 Å². The second-order valence-electron chi connectivity index (χ2n) is 15.6. The molecule has 2 saturated heterocycles. The van der Waals surface area contributed by atoms with E-state index in [2.05, 4.69) is 35.8 Å². The summed E-state index contributed by atoms with van der Waals surface area (Å²) in [4.78, 5) is 40.6. The van der Waals surface area contributed by atoms with Gasteiger partial charge < -0.3 is 29.6 Å². The van der Waals surface area contributed by atoms with Crippen molar-refractivity contribution >= 4 is 28.6 Å². The molecule has 3 aromatic carbocycles. The standard InChI is InChI=1S/C41H50N2O7/c1-25-21-34(47-4)30(37(44)43-36-32-14-13-31(50-32)35(36)38(45)42-24-40(2)17-8-18-40)22-33(25)49-28-15-19-41(3,20-16-28)39(46)48-23-27-11-7-10-26-9-5-6-12-29(26)27/h5-7,9-12,21-22,28,31-32,35-36H,8,13-20,23-24H2,1-4H3,(H,42,45)(H,43,44)/t28-,31-,32+,35+,36-,41+/m1/s1. The van der Waals surface area contributed by atoms with Gasteiger partial charge in [0.25, 0.3) is 5.91 Å². The van der Waals surface area contributed by atoms with Crippen molar-refractivity contribution < 1.29 is 33.3 Å². The highest BCUT2D eigenvalue weighted by molar-refractivity contribution is 5.98. The molecular weight excluding hydrogens is 632 g/mol. The smallest absolute Gasteiger partial charge is 0.312 e. The van der Waals surface area contributed by atoms with Crippen LogP contribution in [-0.2, 0) is 25.7 Å². The molecule has 7 rings (SSSR count). The number of esters is 1. The number of methoxy groups -OCH3 is 1. The van der Waals surface area contributed by atoms with Crippen molar-refractivity contribution in [2.45, 2.75) is 110 Å². The van der Waals surface area contributed by atoms with Gasteiger partial charge in [-0.2, -0.15) is 0 Å². The number of rotatable bonds is 11. The SMILES string of the molecule is COc1cc(C)c(O[C@H]2CC[C@@](C)(C(=O)OCc3cccc4ccccc34)CC2)cc1C(=O)N[C@H]1[C@@H](C(=O)NCC2(C)CCC2)[C@H]2CC[C@@H]1O2. The maximum atomic E-state index is 13.9. The van der Waals surface area contributed by atoms with Crippen LogP contribution in [0.5, 0.6) is 11.5 Å². The Labute approximate surface area is 294 Å². The molecule has 0 radical (unpaired) electrons. The molecule has 2 heterocycles. The molecule has 2 N–H and O–H groups in total. The first-order valence-electron chi connectivity index (χ1n) is 18.3. The van der Waals surface area contributed by atoms with Crippen LogP contribution in [0.1, 0.15) is 93.1 Å². The van der Waals surface area contributed by atoms with Crippen molar-refractivity contribution in [1.82, 2.24) is 10.6 Å². The Balaban J connectivity index is 0.975. The monoisotopic (exact) mass is 682 g/mol. The molecule has 50 heavy (non-hydrogen) atoms. The number of hydrogen-bond donors (Lipinski definition) is 2. The lowest BCUT2D eigenvalue weighted by atomic mass is 9.70. The third kappa shape index (κ3) is 6.81. The van der Waals surface area contributed by atoms with Crippen LogP contribution in [0.4, 0.5) is 0 Å². The Morgan fingerprint density at radius 3 is 2.38 bits per heavy atom. The quantitative estimate of drug-likeness (QED) is 0.214. The molecule has 9 heteroatoms. The Morgan fingerprint density at radius 2 is 1.64 bits per heavy atom. The molecule has 0 aromatic heterocycles. The highest BCUT2D eigenvalue weighted by Gasteiger charge is 2.53. The molecule has 2 saturated carbocycles. The Kier molecular flexibility index (Phi) is 9.54. The first-order chi connectivity index (χ1) is 24.1. The van der Waals surface area contributed by atoms with E-state index < -0.39 is 17.4 Å². The molecule has 2 amide bonds. The van der Waals surface area contributed by atoms with E-state index in [0.29, 0.717) is 49.3 Å². The maximum absolute atomic E-state index is 13.9. The molecule has 2 aliphatic carbocycles. The van der Waals surface area contributed by atoms with Gasteiger partial charge in [-0.1, -0.05) is 55.8 Å². The van der Waals surface area contributed by atoms with Crippen LogP contribution in [0.15, 0.2) is 54.6 Å². The van der Waals surface area contributed by atoms with Crippen LogP contribution in [-0.4, -0.2) is 55.8 Å². The van der Waals surface area contributed by atoms with E-state index in [-0.39, 0.29) is 48.1 Å². The van der Waals surface area contributed by atoms with Gasteiger partial charge in [0.05, 0.1) is 48.4 Å². The molecule has 4 aliphatic rings. The fourth-order valence-corrected chi connectivity index (χ4v) is 8.40. The first-order valence-corrected chi connectivity index (χ1v) is 18.3. The van der Waals surface area contributed by atoms with E-state index >= 15 is 0 Å². The molecule has 0 unspecified atom stereocenters. The van der Waals surface area contributed by atoms with E-state index in [0.717, 1.165) is 47.6 Å². The Morgan fingerprint density at radius 1 is 0.900 bits per heavy atom. The fourth-order valence-electron chi connectivity index (χ4n) is 8.40. The van der Waals surface area contributed by atoms with Gasteiger partial charge in [0.15, 0.2) is 0 Å². The molecule has 2 bridgehead atoms. The molecule has 2 aliphatic heterocycles. The second-order valence-corrected chi connectivity index (χ2v) is 15.6. The highest BCUT2D eigenvalue weighted by atomic mass is 16.5. The number of carbonyl (C=O) groups excluding carboxylic acids is 3. The van der Waals surface area contributed by atoms with Gasteiger partial charge in [0.1, 0.15) is 18.1 Å². The van der Waals surface area contributed by atoms with Gasteiger partial charge in [-0.3, -0.25) is 14.4 Å². The van der Waals surface area contributed by atoms with Crippen molar-refractivity contribution in [2.75, 3.05) is 13.7 Å². The molecule has 266 valence electrons. The first kappa shape index (κ1) is 34.3. The van der Waals surface area contributed by atoms with Crippen LogP contribution in [0.2, 0.25) is 0 Å². The van der Waals surface area contributed by atoms with Crippen LogP contribution in [0.3, 0.4) is 0 Å². The topological polar surface area (TPSA) is 112 Å². The van der Waals surface area contributed by atoms with Crippen LogP contribution in [0, 0.1) is 23.7 Å². The molecular formula is C41H50N2O7. The predicted octanol–water partition coefficient (Wildman–Crippen LogP) is 6.81. The summed E-state index contributed by atoms with van der Waals surface area (Å²) >= 11 is 0. The number of hydrogen-bond acceptors (Lipinski definition) is 7. The third-order valence-electron chi connectivity index (χ3n) is 11.9. The summed E-state index contributed by atoms with van der Waals surface area (Å²) in [5, 5.41) is 8.54. The summed E-state index contributed by atoms with van der Waals surface area (Å²) < 4.78 is 24.2. The number of ether oxygens (including phenoxy) is 4. The molecule has 0 spiro atoms. The lowest BCUT2D eigenvalue weighted by Gasteiger charge is -2.39. The molecule has 9 nitrogen and oxygen atoms in total. The number of nitrogens with one attached hydrogen (secondary N) is 2. The van der Waals surface area contributed by atoms with E-state index in [1.807, 2.05) is 44.2 Å². The van der Waals surface area contributed by atoms with E-state index in [1.54, 1.807) is 13.2 Å². The van der Waals surface area contributed by atoms with Gasteiger partial charge >= 0.3 is 5.97 Å². The largest absolute Gasteiger partial charge is 0.496 e. The summed E-state index contributed by atoms with van der Waals surface area (Å²) in [5.41, 5.74) is 1.78. The minimum Gasteiger partial charge on any atom is -0.496 e. The zero-order valence-corrected chi connectivity index (χ0v) is 29.7. The Bertz CT molecular complexity index is 1750. The van der Waals surface area contributed by atoms with E-state index in [4.69, 9.17) is 18.9 Å². The van der Waals surface area contributed by atoms with Crippen molar-refractivity contribution in [3.8, 4) is 11.5 Å². The van der Waals surface area contributed by atoms with Gasteiger partial charge in [-0.15, -0.1) is 0 Å². The number of amides is 2. The lowest BCUT2D eigenvalue weighted by Crippen LogP contribution is -2.53. The van der Waals surface area contributed by atoms with Crippen molar-refractivity contribution in [2.24, 2.45) is 16.7 Å². The Hall–Kier alpha value is -4.11. The van der Waals surface area contributed by atoms with Gasteiger partial charge in [-0.25, -0.2) is 0 Å². The van der Waals surface area contributed by atoms with Crippen LogP contribution < -0.4 is 20.1 Å². The average molecular weight is 683 g/mol. The van der Waals surface area contributed by atoms with Gasteiger partial charge in [0.2, 0.25) is 5.91 Å². The summed E-state index contributed by atoms with van der Waals surface area (Å²) in [5.74, 6) is 0.0796. The zero-order chi connectivity index (χ0) is 35.0. The minimum absolute atomic E-state index is 0.0442. The maximum Gasteiger partial charge on any atom is 0.312 e. The van der Waals surface area contributed by atoms with Crippen LogP contribution in [0.25, 0.3) is 10.8 Å². The van der Waals surface area contributed by atoms with Crippen LogP contribution >= 0.6 is 0 Å². The number of fused-ring (bicyclic) bond motifs is 3. The summed E-state index contributed by atoms with van der Waals surface area (Å²) in [6.07, 6.45) is 7.24. The second kappa shape index (κ2) is 13.9. The molecule has 4 fully saturated rings. The summed E-state index contributed by atoms with van der Waals surface area (Å²) in [7, 11) is 1.55. The van der Waals surface area contributed by atoms with E-state index in [9.17, 15) is 14.4 Å². The average Bonchev–Trinajstić information content (AvgIpc) is 3.72. The number of benzene rings is 3. The number of aryl methyl sites for hydroxylation is 1. The van der Waals surface area contributed by atoms with Crippen molar-refractivity contribution in [1.29, 1.82) is 0 Å². The number of carbonyl (C=O) groups is 3. The predicted molar refractivity (Wildman–Crippen MR) is 190 cm³/mol.